The monoisotopic (exact) mass is 242 g/mol. The number of anilines is 1. The Kier molecular flexibility index (Phi) is 2.98. The molecule has 0 aromatic carbocycles. The van der Waals surface area contributed by atoms with Gasteiger partial charge in [-0.25, -0.2) is 4.98 Å². The van der Waals surface area contributed by atoms with E-state index in [-0.39, 0.29) is 0 Å². The molecule has 0 atom stereocenters. The van der Waals surface area contributed by atoms with Crippen LogP contribution in [0.5, 0.6) is 0 Å². The van der Waals surface area contributed by atoms with E-state index in [0.29, 0.717) is 11.7 Å². The van der Waals surface area contributed by atoms with Crippen LogP contribution in [0.2, 0.25) is 5.15 Å². The first kappa shape index (κ1) is 10.5. The number of nitrogens with zero attached hydrogens (tertiary/aromatic N) is 2. The lowest BCUT2D eigenvalue weighted by Gasteiger charge is -2.13. The highest BCUT2D eigenvalue weighted by Gasteiger charge is 2.08. The fourth-order valence-electron chi connectivity index (χ4n) is 1.29. The lowest BCUT2D eigenvalue weighted by atomic mass is 10.4. The van der Waals surface area contributed by atoms with E-state index in [4.69, 9.17) is 16.0 Å². The maximum atomic E-state index is 5.76. The second-order valence-electron chi connectivity index (χ2n) is 3.32. The van der Waals surface area contributed by atoms with Crippen molar-refractivity contribution in [3.05, 3.63) is 34.2 Å². The minimum atomic E-state index is 0.539. The summed E-state index contributed by atoms with van der Waals surface area (Å²) in [6, 6.07) is 3.93. The van der Waals surface area contributed by atoms with E-state index in [9.17, 15) is 0 Å². The van der Waals surface area contributed by atoms with Crippen LogP contribution in [0.3, 0.4) is 0 Å². The number of hydrogen-bond donors (Lipinski definition) is 0. The molecule has 0 saturated carbocycles. The third-order valence-corrected chi connectivity index (χ3v) is 3.26. The van der Waals surface area contributed by atoms with E-state index in [2.05, 4.69) is 4.98 Å². The van der Waals surface area contributed by atoms with Crippen molar-refractivity contribution in [2.75, 3.05) is 11.9 Å². The van der Waals surface area contributed by atoms with E-state index in [1.807, 2.05) is 36.4 Å². The van der Waals surface area contributed by atoms with Gasteiger partial charge in [0.2, 0.25) is 0 Å². The fraction of sp³-hybridized carbons (Fsp3) is 0.300. The van der Waals surface area contributed by atoms with Gasteiger partial charge >= 0.3 is 0 Å². The van der Waals surface area contributed by atoms with Crippen LogP contribution in [0.15, 0.2) is 21.9 Å². The van der Waals surface area contributed by atoms with Gasteiger partial charge in [-0.15, -0.1) is 11.3 Å². The molecule has 0 aliphatic carbocycles. The molecule has 0 fully saturated rings. The molecule has 0 amide bonds. The van der Waals surface area contributed by atoms with Crippen molar-refractivity contribution in [3.63, 3.8) is 0 Å². The lowest BCUT2D eigenvalue weighted by molar-refractivity contribution is 0.481. The summed E-state index contributed by atoms with van der Waals surface area (Å²) < 4.78 is 5.48. The number of aryl methyl sites for hydroxylation is 1. The molecule has 3 nitrogen and oxygen atoms in total. The normalized spacial score (nSPS) is 10.6. The van der Waals surface area contributed by atoms with Crippen LogP contribution >= 0.6 is 22.9 Å². The van der Waals surface area contributed by atoms with Gasteiger partial charge in [0, 0.05) is 12.4 Å². The van der Waals surface area contributed by atoms with E-state index in [1.54, 1.807) is 0 Å². The number of furan rings is 1. The van der Waals surface area contributed by atoms with Gasteiger partial charge in [0.15, 0.2) is 5.13 Å². The number of rotatable bonds is 3. The van der Waals surface area contributed by atoms with Crippen LogP contribution in [0, 0.1) is 6.92 Å². The molecule has 5 heteroatoms. The zero-order valence-electron chi connectivity index (χ0n) is 8.53. The zero-order chi connectivity index (χ0) is 10.8. The van der Waals surface area contributed by atoms with E-state index in [1.165, 1.54) is 11.3 Å². The lowest BCUT2D eigenvalue weighted by Crippen LogP contribution is -2.15. The van der Waals surface area contributed by atoms with Crippen molar-refractivity contribution in [1.82, 2.24) is 4.98 Å². The molecule has 2 aromatic rings. The summed E-state index contributed by atoms with van der Waals surface area (Å²) in [5.41, 5.74) is 0. The summed E-state index contributed by atoms with van der Waals surface area (Å²) >= 11 is 7.29. The van der Waals surface area contributed by atoms with Crippen molar-refractivity contribution in [2.45, 2.75) is 13.5 Å². The summed E-state index contributed by atoms with van der Waals surface area (Å²) in [5.74, 6) is 1.86. The van der Waals surface area contributed by atoms with Gasteiger partial charge in [0.25, 0.3) is 0 Å². The van der Waals surface area contributed by atoms with Crippen molar-refractivity contribution in [1.29, 1.82) is 0 Å². The smallest absolute Gasteiger partial charge is 0.186 e. The van der Waals surface area contributed by atoms with Crippen molar-refractivity contribution >= 4 is 28.1 Å². The average molecular weight is 243 g/mol. The largest absolute Gasteiger partial charge is 0.464 e. The van der Waals surface area contributed by atoms with Gasteiger partial charge in [0.05, 0.1) is 6.54 Å². The van der Waals surface area contributed by atoms with Crippen molar-refractivity contribution < 1.29 is 4.42 Å². The van der Waals surface area contributed by atoms with E-state index in [0.717, 1.165) is 16.7 Å². The van der Waals surface area contributed by atoms with Crippen molar-refractivity contribution in [2.24, 2.45) is 0 Å². The molecule has 2 aromatic heterocycles. The minimum absolute atomic E-state index is 0.539. The fourth-order valence-corrected chi connectivity index (χ4v) is 2.21. The van der Waals surface area contributed by atoms with Gasteiger partial charge < -0.3 is 9.32 Å². The Balaban J connectivity index is 2.06. The first-order chi connectivity index (χ1) is 7.15. The van der Waals surface area contributed by atoms with Gasteiger partial charge in [-0.2, -0.15) is 0 Å². The molecule has 80 valence electrons. The summed E-state index contributed by atoms with van der Waals surface area (Å²) in [5, 5.41) is 3.26. The Morgan fingerprint density at radius 2 is 2.33 bits per heavy atom. The predicted molar refractivity (Wildman–Crippen MR) is 62.7 cm³/mol. The number of thiazole rings is 1. The van der Waals surface area contributed by atoms with Crippen LogP contribution in [0.1, 0.15) is 11.5 Å². The molecule has 2 rings (SSSR count). The van der Waals surface area contributed by atoms with Gasteiger partial charge in [-0.1, -0.05) is 11.6 Å². The SMILES string of the molecule is Cc1ccc(CN(C)c2nc(Cl)cs2)o1. The molecule has 0 bridgehead atoms. The van der Waals surface area contributed by atoms with Crippen LogP contribution < -0.4 is 4.90 Å². The summed E-state index contributed by atoms with van der Waals surface area (Å²) in [7, 11) is 1.97. The molecule has 0 unspecified atom stereocenters. The first-order valence-corrected chi connectivity index (χ1v) is 5.78. The highest BCUT2D eigenvalue weighted by molar-refractivity contribution is 7.14. The Morgan fingerprint density at radius 3 is 2.87 bits per heavy atom. The predicted octanol–water partition coefficient (Wildman–Crippen LogP) is 3.33. The van der Waals surface area contributed by atoms with E-state index < -0.39 is 0 Å². The highest BCUT2D eigenvalue weighted by atomic mass is 35.5. The molecule has 0 radical (unpaired) electrons. The standard InChI is InChI=1S/C10H11ClN2OS/c1-7-3-4-8(14-7)5-13(2)10-12-9(11)6-15-10/h3-4,6H,5H2,1-2H3. The second-order valence-corrected chi connectivity index (χ2v) is 4.55. The minimum Gasteiger partial charge on any atom is -0.464 e. The Labute approximate surface area is 97.3 Å². The summed E-state index contributed by atoms with van der Waals surface area (Å²) in [4.78, 5) is 6.19. The van der Waals surface area contributed by atoms with Crippen molar-refractivity contribution in [3.8, 4) is 0 Å². The van der Waals surface area contributed by atoms with Gasteiger partial charge in [0.1, 0.15) is 16.7 Å². The van der Waals surface area contributed by atoms with Gasteiger partial charge in [-0.05, 0) is 19.1 Å². The number of halogens is 1. The van der Waals surface area contributed by atoms with E-state index >= 15 is 0 Å². The number of hydrogen-bond acceptors (Lipinski definition) is 4. The molecule has 0 aliphatic rings. The molecular formula is C10H11ClN2OS. The maximum absolute atomic E-state index is 5.76. The quantitative estimate of drug-likeness (QED) is 0.827. The van der Waals surface area contributed by atoms with Crippen LogP contribution in [-0.2, 0) is 6.54 Å². The third kappa shape index (κ3) is 2.52. The molecule has 15 heavy (non-hydrogen) atoms. The van der Waals surface area contributed by atoms with Crippen LogP contribution in [0.4, 0.5) is 5.13 Å². The average Bonchev–Trinajstić information content (AvgIpc) is 2.75. The molecule has 0 N–H and O–H groups in total. The zero-order valence-corrected chi connectivity index (χ0v) is 10.1. The second kappa shape index (κ2) is 4.24. The summed E-state index contributed by atoms with van der Waals surface area (Å²) in [6.45, 7) is 2.64. The Bertz CT molecular complexity index is 452. The third-order valence-electron chi connectivity index (χ3n) is 1.98. The molecule has 0 aliphatic heterocycles. The first-order valence-electron chi connectivity index (χ1n) is 4.52. The summed E-state index contributed by atoms with van der Waals surface area (Å²) in [6.07, 6.45) is 0. The Hall–Kier alpha value is -1.00. The molecule has 0 saturated heterocycles. The number of aromatic nitrogens is 1. The Morgan fingerprint density at radius 1 is 1.53 bits per heavy atom. The molecular weight excluding hydrogens is 232 g/mol. The highest BCUT2D eigenvalue weighted by Crippen LogP contribution is 2.23. The topological polar surface area (TPSA) is 29.3 Å². The maximum Gasteiger partial charge on any atom is 0.186 e. The van der Waals surface area contributed by atoms with Crippen LogP contribution in [-0.4, -0.2) is 12.0 Å². The molecule has 2 heterocycles. The van der Waals surface area contributed by atoms with Crippen LogP contribution in [0.25, 0.3) is 0 Å². The van der Waals surface area contributed by atoms with Gasteiger partial charge in [-0.3, -0.25) is 0 Å². The molecule has 0 spiro atoms.